The first-order chi connectivity index (χ1) is 15.0. The molecule has 0 saturated carbocycles. The van der Waals surface area contributed by atoms with Crippen LogP contribution in [0.2, 0.25) is 0 Å². The van der Waals surface area contributed by atoms with Crippen molar-refractivity contribution < 1.29 is 14.7 Å². The van der Waals surface area contributed by atoms with Crippen LogP contribution in [0.5, 0.6) is 0 Å². The molecule has 4 rings (SSSR count). The minimum Gasteiger partial charge on any atom is -0.390 e. The van der Waals surface area contributed by atoms with Crippen LogP contribution in [0.15, 0.2) is 30.7 Å². The van der Waals surface area contributed by atoms with E-state index in [2.05, 4.69) is 36.6 Å². The molecule has 0 bridgehead atoms. The monoisotopic (exact) mass is 425 g/mol. The van der Waals surface area contributed by atoms with Crippen molar-refractivity contribution >= 4 is 17.6 Å². The SMILES string of the molecule is CC(=O)N1CC(Nc2cc(C(=O)NC[C@H](O)CN3CCc4cccnc4C3)ncn2)C1. The quantitative estimate of drug-likeness (QED) is 0.551. The summed E-state index contributed by atoms with van der Waals surface area (Å²) in [5.74, 6) is 0.215. The van der Waals surface area contributed by atoms with Gasteiger partial charge >= 0.3 is 0 Å². The smallest absolute Gasteiger partial charge is 0.270 e. The third-order valence-corrected chi connectivity index (χ3v) is 5.60. The molecular weight excluding hydrogens is 398 g/mol. The molecule has 164 valence electrons. The Labute approximate surface area is 180 Å². The molecule has 0 aromatic carbocycles. The van der Waals surface area contributed by atoms with Crippen LogP contribution in [0.1, 0.15) is 28.7 Å². The Kier molecular flexibility index (Phi) is 6.38. The zero-order chi connectivity index (χ0) is 21.8. The highest BCUT2D eigenvalue weighted by Crippen LogP contribution is 2.16. The summed E-state index contributed by atoms with van der Waals surface area (Å²) in [4.78, 5) is 40.2. The summed E-state index contributed by atoms with van der Waals surface area (Å²) in [5.41, 5.74) is 2.53. The molecule has 2 aromatic heterocycles. The van der Waals surface area contributed by atoms with Gasteiger partial charge in [-0.2, -0.15) is 0 Å². The van der Waals surface area contributed by atoms with E-state index in [1.807, 2.05) is 6.07 Å². The molecule has 4 heterocycles. The third kappa shape index (κ3) is 5.33. The Morgan fingerprint density at radius 3 is 2.94 bits per heavy atom. The van der Waals surface area contributed by atoms with Crippen molar-refractivity contribution in [3.05, 3.63) is 47.7 Å². The van der Waals surface area contributed by atoms with Gasteiger partial charge in [-0.05, 0) is 18.1 Å². The number of hydrogen-bond acceptors (Lipinski definition) is 8. The zero-order valence-electron chi connectivity index (χ0n) is 17.5. The molecule has 3 N–H and O–H groups in total. The second kappa shape index (κ2) is 9.36. The van der Waals surface area contributed by atoms with E-state index in [-0.39, 0.29) is 30.1 Å². The number of nitrogens with zero attached hydrogens (tertiary/aromatic N) is 5. The van der Waals surface area contributed by atoms with Gasteiger partial charge in [-0.3, -0.25) is 19.5 Å². The number of aromatic nitrogens is 3. The topological polar surface area (TPSA) is 124 Å². The van der Waals surface area contributed by atoms with E-state index >= 15 is 0 Å². The van der Waals surface area contributed by atoms with Gasteiger partial charge in [0, 0.05) is 58.5 Å². The largest absolute Gasteiger partial charge is 0.390 e. The van der Waals surface area contributed by atoms with Gasteiger partial charge in [0.1, 0.15) is 17.8 Å². The fourth-order valence-corrected chi connectivity index (χ4v) is 3.83. The Balaban J connectivity index is 1.23. The van der Waals surface area contributed by atoms with Crippen LogP contribution in [0.25, 0.3) is 0 Å². The average molecular weight is 425 g/mol. The molecule has 1 saturated heterocycles. The van der Waals surface area contributed by atoms with Crippen LogP contribution in [0, 0.1) is 0 Å². The highest BCUT2D eigenvalue weighted by molar-refractivity contribution is 5.92. The number of anilines is 1. The maximum Gasteiger partial charge on any atom is 0.270 e. The van der Waals surface area contributed by atoms with Crippen molar-refractivity contribution in [3.8, 4) is 0 Å². The normalized spacial score (nSPS) is 17.4. The Morgan fingerprint density at radius 1 is 1.29 bits per heavy atom. The number of fused-ring (bicyclic) bond motifs is 1. The minimum atomic E-state index is -0.693. The maximum atomic E-state index is 12.5. The number of likely N-dealkylation sites (tertiary alicyclic amines) is 1. The van der Waals surface area contributed by atoms with Crippen molar-refractivity contribution in [2.45, 2.75) is 32.0 Å². The number of hydrogen-bond donors (Lipinski definition) is 3. The lowest BCUT2D eigenvalue weighted by atomic mass is 10.1. The second-order valence-electron chi connectivity index (χ2n) is 8.01. The molecule has 2 aliphatic heterocycles. The fourth-order valence-electron chi connectivity index (χ4n) is 3.83. The van der Waals surface area contributed by atoms with Crippen molar-refractivity contribution in [2.24, 2.45) is 0 Å². The number of amides is 2. The van der Waals surface area contributed by atoms with Gasteiger partial charge in [-0.25, -0.2) is 9.97 Å². The fraction of sp³-hybridized carbons (Fsp3) is 0.476. The van der Waals surface area contributed by atoms with Gasteiger partial charge in [0.05, 0.1) is 17.8 Å². The second-order valence-corrected chi connectivity index (χ2v) is 8.01. The Hall–Kier alpha value is -3.11. The van der Waals surface area contributed by atoms with E-state index < -0.39 is 6.10 Å². The highest BCUT2D eigenvalue weighted by atomic mass is 16.3. The van der Waals surface area contributed by atoms with Gasteiger partial charge in [-0.1, -0.05) is 6.07 Å². The molecule has 1 fully saturated rings. The van der Waals surface area contributed by atoms with Crippen molar-refractivity contribution in [2.75, 3.05) is 38.0 Å². The highest BCUT2D eigenvalue weighted by Gasteiger charge is 2.28. The Bertz CT molecular complexity index is 948. The van der Waals surface area contributed by atoms with Crippen LogP contribution in [0.3, 0.4) is 0 Å². The van der Waals surface area contributed by atoms with Gasteiger partial charge in [-0.15, -0.1) is 0 Å². The molecule has 2 amide bonds. The van der Waals surface area contributed by atoms with Crippen LogP contribution >= 0.6 is 0 Å². The first kappa shape index (κ1) is 21.1. The van der Waals surface area contributed by atoms with E-state index in [4.69, 9.17) is 0 Å². The lowest BCUT2D eigenvalue weighted by molar-refractivity contribution is -0.132. The Morgan fingerprint density at radius 2 is 2.13 bits per heavy atom. The van der Waals surface area contributed by atoms with Crippen LogP contribution in [0.4, 0.5) is 5.82 Å². The summed E-state index contributed by atoms with van der Waals surface area (Å²) in [6.07, 6.45) is 3.33. The number of β-amino-alcohol motifs (C(OH)–C–C–N with tert-alkyl or cyclic N) is 1. The summed E-state index contributed by atoms with van der Waals surface area (Å²) < 4.78 is 0. The zero-order valence-corrected chi connectivity index (χ0v) is 17.5. The lowest BCUT2D eigenvalue weighted by Gasteiger charge is -2.39. The molecule has 10 heteroatoms. The van der Waals surface area contributed by atoms with Gasteiger partial charge < -0.3 is 20.6 Å². The summed E-state index contributed by atoms with van der Waals surface area (Å²) in [6, 6.07) is 5.72. The average Bonchev–Trinajstić information content (AvgIpc) is 2.74. The molecule has 0 radical (unpaired) electrons. The number of carbonyl (C=O) groups is 2. The molecule has 1 atom stereocenters. The van der Waals surface area contributed by atoms with E-state index in [0.717, 1.165) is 18.7 Å². The van der Waals surface area contributed by atoms with Crippen molar-refractivity contribution in [1.82, 2.24) is 30.1 Å². The maximum absolute atomic E-state index is 12.5. The standard InChI is InChI=1S/C21H27N7O3/c1-14(29)28-9-16(10-28)26-20-7-18(24-13-25-20)21(31)23-8-17(30)11-27-6-4-15-3-2-5-22-19(15)12-27/h2-3,5,7,13,16-17,30H,4,6,8-12H2,1H3,(H,23,31)(H,24,25,26)/t17-/m0/s1. The van der Waals surface area contributed by atoms with Crippen molar-refractivity contribution in [3.63, 3.8) is 0 Å². The first-order valence-corrected chi connectivity index (χ1v) is 10.4. The van der Waals surface area contributed by atoms with Crippen molar-refractivity contribution in [1.29, 1.82) is 0 Å². The summed E-state index contributed by atoms with van der Waals surface area (Å²) >= 11 is 0. The molecule has 2 aromatic rings. The molecule has 0 aliphatic carbocycles. The molecule has 0 spiro atoms. The van der Waals surface area contributed by atoms with Gasteiger partial charge in [0.25, 0.3) is 5.91 Å². The van der Waals surface area contributed by atoms with Crippen LogP contribution in [-0.2, 0) is 17.8 Å². The predicted molar refractivity (Wildman–Crippen MR) is 113 cm³/mol. The number of aliphatic hydroxyl groups excluding tert-OH is 1. The van der Waals surface area contributed by atoms with E-state index in [0.29, 0.717) is 32.0 Å². The first-order valence-electron chi connectivity index (χ1n) is 10.4. The number of carbonyl (C=O) groups excluding carboxylic acids is 2. The van der Waals surface area contributed by atoms with Crippen LogP contribution in [-0.4, -0.2) is 86.5 Å². The molecule has 10 nitrogen and oxygen atoms in total. The third-order valence-electron chi connectivity index (χ3n) is 5.60. The number of nitrogens with one attached hydrogen (secondary N) is 2. The minimum absolute atomic E-state index is 0.0457. The number of aliphatic hydroxyl groups is 1. The number of pyridine rings is 1. The molecule has 31 heavy (non-hydrogen) atoms. The number of rotatable bonds is 7. The van der Waals surface area contributed by atoms with Gasteiger partial charge in [0.15, 0.2) is 0 Å². The van der Waals surface area contributed by atoms with E-state index in [1.54, 1.807) is 24.1 Å². The van der Waals surface area contributed by atoms with E-state index in [9.17, 15) is 14.7 Å². The summed E-state index contributed by atoms with van der Waals surface area (Å²) in [6.45, 7) is 4.91. The summed E-state index contributed by atoms with van der Waals surface area (Å²) in [5, 5.41) is 16.3. The lowest BCUT2D eigenvalue weighted by Crippen LogP contribution is -2.56. The van der Waals surface area contributed by atoms with Crippen LogP contribution < -0.4 is 10.6 Å². The molecule has 2 aliphatic rings. The summed E-state index contributed by atoms with van der Waals surface area (Å²) in [7, 11) is 0. The molecular formula is C21H27N7O3. The predicted octanol–water partition coefficient (Wildman–Crippen LogP) is -0.337. The van der Waals surface area contributed by atoms with Gasteiger partial charge in [0.2, 0.25) is 5.91 Å². The van der Waals surface area contributed by atoms with E-state index in [1.165, 1.54) is 11.9 Å². The molecule has 0 unspecified atom stereocenters.